The average Bonchev–Trinajstić information content (AvgIpc) is 2.28. The monoisotopic (exact) mass is 242 g/mol. The summed E-state index contributed by atoms with van der Waals surface area (Å²) >= 11 is 0. The summed E-state index contributed by atoms with van der Waals surface area (Å²) in [5.41, 5.74) is 5.89. The fourth-order valence-electron chi connectivity index (χ4n) is 3.33. The fraction of sp³-hybridized carbons (Fsp3) is 1.00. The Hall–Kier alpha value is -0.120. The second kappa shape index (κ2) is 7.34. The molecule has 17 heavy (non-hydrogen) atoms. The summed E-state index contributed by atoms with van der Waals surface area (Å²) in [6.45, 7) is 5.68. The fourth-order valence-corrected chi connectivity index (χ4v) is 3.33. The van der Waals surface area contributed by atoms with Crippen LogP contribution in [0.1, 0.15) is 46.0 Å². The molecule has 0 spiro atoms. The van der Waals surface area contributed by atoms with E-state index in [2.05, 4.69) is 18.9 Å². The highest BCUT2D eigenvalue weighted by atomic mass is 16.3. The van der Waals surface area contributed by atoms with Crippen molar-refractivity contribution >= 4 is 0 Å². The minimum atomic E-state index is -0.245. The second-order valence-corrected chi connectivity index (χ2v) is 5.82. The van der Waals surface area contributed by atoms with Crippen LogP contribution in [0.15, 0.2) is 0 Å². The smallest absolute Gasteiger partial charge is 0.0639 e. The first-order valence-corrected chi connectivity index (χ1v) is 7.16. The van der Waals surface area contributed by atoms with Crippen molar-refractivity contribution in [2.24, 2.45) is 17.6 Å². The van der Waals surface area contributed by atoms with E-state index in [0.717, 1.165) is 19.0 Å². The molecule has 0 aromatic carbocycles. The topological polar surface area (TPSA) is 49.5 Å². The SMILES string of the molecule is CCCC1CCC(CN)C(N(C)CC(C)O)C1. The van der Waals surface area contributed by atoms with E-state index in [1.54, 1.807) is 0 Å². The normalized spacial score (nSPS) is 31.8. The van der Waals surface area contributed by atoms with Crippen LogP contribution in [-0.2, 0) is 0 Å². The van der Waals surface area contributed by atoms with Crippen LogP contribution in [0.25, 0.3) is 0 Å². The number of aliphatic hydroxyl groups is 1. The van der Waals surface area contributed by atoms with Crippen molar-refractivity contribution in [3.8, 4) is 0 Å². The molecule has 1 saturated carbocycles. The molecular weight excluding hydrogens is 212 g/mol. The summed E-state index contributed by atoms with van der Waals surface area (Å²) in [5.74, 6) is 1.48. The van der Waals surface area contributed by atoms with Crippen molar-refractivity contribution in [1.29, 1.82) is 0 Å². The van der Waals surface area contributed by atoms with Crippen molar-refractivity contribution in [2.45, 2.75) is 58.1 Å². The molecule has 0 aliphatic heterocycles. The first-order valence-electron chi connectivity index (χ1n) is 7.16. The maximum atomic E-state index is 9.51. The number of rotatable bonds is 6. The van der Waals surface area contributed by atoms with Gasteiger partial charge in [0.05, 0.1) is 6.10 Å². The maximum Gasteiger partial charge on any atom is 0.0639 e. The van der Waals surface area contributed by atoms with Crippen molar-refractivity contribution in [2.75, 3.05) is 20.1 Å². The molecule has 0 saturated heterocycles. The molecule has 3 N–H and O–H groups in total. The minimum absolute atomic E-state index is 0.245. The molecular formula is C14H30N2O. The van der Waals surface area contributed by atoms with Crippen LogP contribution in [-0.4, -0.2) is 42.3 Å². The number of hydrogen-bond donors (Lipinski definition) is 2. The van der Waals surface area contributed by atoms with Crippen molar-refractivity contribution < 1.29 is 5.11 Å². The molecule has 3 heteroatoms. The van der Waals surface area contributed by atoms with Gasteiger partial charge < -0.3 is 15.7 Å². The first kappa shape index (κ1) is 14.9. The predicted molar refractivity (Wildman–Crippen MR) is 72.9 cm³/mol. The summed E-state index contributed by atoms with van der Waals surface area (Å²) in [4.78, 5) is 2.32. The van der Waals surface area contributed by atoms with Gasteiger partial charge in [-0.2, -0.15) is 0 Å². The molecule has 3 nitrogen and oxygen atoms in total. The lowest BCUT2D eigenvalue weighted by Crippen LogP contribution is -2.47. The Morgan fingerprint density at radius 3 is 2.65 bits per heavy atom. The largest absolute Gasteiger partial charge is 0.392 e. The zero-order chi connectivity index (χ0) is 12.8. The third-order valence-electron chi connectivity index (χ3n) is 4.18. The molecule has 0 heterocycles. The van der Waals surface area contributed by atoms with Gasteiger partial charge in [0, 0.05) is 12.6 Å². The lowest BCUT2D eigenvalue weighted by Gasteiger charge is -2.41. The van der Waals surface area contributed by atoms with Gasteiger partial charge in [-0.25, -0.2) is 0 Å². The number of nitrogens with zero attached hydrogens (tertiary/aromatic N) is 1. The molecule has 4 unspecified atom stereocenters. The number of hydrogen-bond acceptors (Lipinski definition) is 3. The molecule has 0 aromatic heterocycles. The molecule has 0 amide bonds. The van der Waals surface area contributed by atoms with Gasteiger partial charge in [-0.3, -0.25) is 0 Å². The molecule has 1 aliphatic rings. The van der Waals surface area contributed by atoms with Crippen molar-refractivity contribution in [3.63, 3.8) is 0 Å². The van der Waals surface area contributed by atoms with Gasteiger partial charge in [-0.1, -0.05) is 26.2 Å². The van der Waals surface area contributed by atoms with Crippen LogP contribution >= 0.6 is 0 Å². The lowest BCUT2D eigenvalue weighted by molar-refractivity contribution is 0.0596. The summed E-state index contributed by atoms with van der Waals surface area (Å²) < 4.78 is 0. The van der Waals surface area contributed by atoms with E-state index in [0.29, 0.717) is 12.0 Å². The van der Waals surface area contributed by atoms with E-state index in [4.69, 9.17) is 5.73 Å². The van der Waals surface area contributed by atoms with E-state index < -0.39 is 0 Å². The van der Waals surface area contributed by atoms with E-state index in [1.807, 2.05) is 6.92 Å². The van der Waals surface area contributed by atoms with E-state index in [-0.39, 0.29) is 6.10 Å². The molecule has 0 aromatic rings. The third kappa shape index (κ3) is 4.57. The van der Waals surface area contributed by atoms with Crippen LogP contribution < -0.4 is 5.73 Å². The van der Waals surface area contributed by atoms with E-state index in [1.165, 1.54) is 32.1 Å². The van der Waals surface area contributed by atoms with Gasteiger partial charge >= 0.3 is 0 Å². The van der Waals surface area contributed by atoms with Crippen LogP contribution in [0.5, 0.6) is 0 Å². The Bertz CT molecular complexity index is 208. The van der Waals surface area contributed by atoms with Gasteiger partial charge in [0.25, 0.3) is 0 Å². The number of aliphatic hydroxyl groups excluding tert-OH is 1. The van der Waals surface area contributed by atoms with Gasteiger partial charge in [0.15, 0.2) is 0 Å². The van der Waals surface area contributed by atoms with Gasteiger partial charge in [0.1, 0.15) is 0 Å². The molecule has 4 atom stereocenters. The molecule has 1 aliphatic carbocycles. The minimum Gasteiger partial charge on any atom is -0.392 e. The maximum absolute atomic E-state index is 9.51. The highest BCUT2D eigenvalue weighted by molar-refractivity contribution is 4.86. The quantitative estimate of drug-likeness (QED) is 0.747. The average molecular weight is 242 g/mol. The highest BCUT2D eigenvalue weighted by Crippen LogP contribution is 2.33. The molecule has 1 fully saturated rings. The summed E-state index contributed by atoms with van der Waals surface area (Å²) in [6, 6.07) is 0.569. The van der Waals surface area contributed by atoms with Crippen LogP contribution in [0, 0.1) is 11.8 Å². The highest BCUT2D eigenvalue weighted by Gasteiger charge is 2.31. The Labute approximate surface area is 106 Å². The standard InChI is InChI=1S/C14H30N2O/c1-4-5-12-6-7-13(9-15)14(8-12)16(3)10-11(2)17/h11-14,17H,4-10,15H2,1-3H3. The van der Waals surface area contributed by atoms with Crippen molar-refractivity contribution in [3.05, 3.63) is 0 Å². The zero-order valence-corrected chi connectivity index (χ0v) is 11.7. The molecule has 102 valence electrons. The van der Waals surface area contributed by atoms with Gasteiger partial charge in [-0.05, 0) is 45.2 Å². The summed E-state index contributed by atoms with van der Waals surface area (Å²) in [5, 5.41) is 9.51. The molecule has 0 bridgehead atoms. The van der Waals surface area contributed by atoms with E-state index in [9.17, 15) is 5.11 Å². The van der Waals surface area contributed by atoms with Gasteiger partial charge in [0.2, 0.25) is 0 Å². The zero-order valence-electron chi connectivity index (χ0n) is 11.7. The van der Waals surface area contributed by atoms with Gasteiger partial charge in [-0.15, -0.1) is 0 Å². The first-order chi connectivity index (χ1) is 8.08. The third-order valence-corrected chi connectivity index (χ3v) is 4.18. The van der Waals surface area contributed by atoms with Crippen LogP contribution in [0.2, 0.25) is 0 Å². The second-order valence-electron chi connectivity index (χ2n) is 5.82. The van der Waals surface area contributed by atoms with E-state index >= 15 is 0 Å². The Morgan fingerprint density at radius 1 is 1.41 bits per heavy atom. The molecule has 1 rings (SSSR count). The molecule has 0 radical (unpaired) electrons. The number of nitrogens with two attached hydrogens (primary N) is 1. The Kier molecular flexibility index (Phi) is 6.45. The predicted octanol–water partition coefficient (Wildman–Crippen LogP) is 1.84. The summed E-state index contributed by atoms with van der Waals surface area (Å²) in [7, 11) is 2.13. The van der Waals surface area contributed by atoms with Crippen LogP contribution in [0.3, 0.4) is 0 Å². The van der Waals surface area contributed by atoms with Crippen LogP contribution in [0.4, 0.5) is 0 Å². The summed E-state index contributed by atoms with van der Waals surface area (Å²) in [6.07, 6.45) is 6.25. The number of likely N-dealkylation sites (N-methyl/N-ethyl adjacent to an activating group) is 1. The van der Waals surface area contributed by atoms with Crippen molar-refractivity contribution in [1.82, 2.24) is 4.90 Å². The Morgan fingerprint density at radius 2 is 2.12 bits per heavy atom. The Balaban J connectivity index is 2.55. The lowest BCUT2D eigenvalue weighted by atomic mass is 9.76.